The largest absolute Gasteiger partial charge is 0.450 e. The molecule has 5 heteroatoms. The Bertz CT molecular complexity index is 427. The molecule has 1 heterocycles. The van der Waals surface area contributed by atoms with Crippen LogP contribution in [0.5, 0.6) is 0 Å². The summed E-state index contributed by atoms with van der Waals surface area (Å²) in [7, 11) is 0. The van der Waals surface area contributed by atoms with Gasteiger partial charge in [-0.3, -0.25) is 5.32 Å². The Balaban J connectivity index is 1.86. The number of benzene rings is 1. The molecule has 1 fully saturated rings. The van der Waals surface area contributed by atoms with Gasteiger partial charge in [0, 0.05) is 29.9 Å². The fourth-order valence-corrected chi connectivity index (χ4v) is 2.26. The maximum absolute atomic E-state index is 11.3. The molecule has 1 aromatic carbocycles. The molecular formula is C15H22N2O3. The van der Waals surface area contributed by atoms with Gasteiger partial charge in [-0.15, -0.1) is 0 Å². The summed E-state index contributed by atoms with van der Waals surface area (Å²) in [4.78, 5) is 11.3. The van der Waals surface area contributed by atoms with E-state index in [4.69, 9.17) is 9.47 Å². The molecule has 1 aliphatic rings. The minimum atomic E-state index is -0.426. The lowest BCUT2D eigenvalue weighted by molar-refractivity contribution is 0.168. The van der Waals surface area contributed by atoms with E-state index in [1.807, 2.05) is 24.3 Å². The zero-order valence-electron chi connectivity index (χ0n) is 12.0. The molecule has 1 aliphatic heterocycles. The van der Waals surface area contributed by atoms with Gasteiger partial charge in [-0.25, -0.2) is 4.79 Å². The molecule has 2 atom stereocenters. The molecule has 20 heavy (non-hydrogen) atoms. The normalized spacial score (nSPS) is 19.4. The third kappa shape index (κ3) is 4.13. The predicted molar refractivity (Wildman–Crippen MR) is 79.1 cm³/mol. The van der Waals surface area contributed by atoms with E-state index in [0.29, 0.717) is 18.6 Å². The molecule has 2 N–H and O–H groups in total. The number of carbonyl (C=O) groups is 1. The van der Waals surface area contributed by atoms with Crippen LogP contribution in [0.4, 0.5) is 16.2 Å². The molecule has 5 nitrogen and oxygen atoms in total. The first kappa shape index (κ1) is 14.7. The van der Waals surface area contributed by atoms with Crippen molar-refractivity contribution in [1.82, 2.24) is 0 Å². The summed E-state index contributed by atoms with van der Waals surface area (Å²) in [5.41, 5.74) is 1.77. The number of hydrogen-bond donors (Lipinski definition) is 2. The Kier molecular flexibility index (Phi) is 5.24. The fourth-order valence-electron chi connectivity index (χ4n) is 2.26. The second kappa shape index (κ2) is 7.14. The third-order valence-electron chi connectivity index (χ3n) is 3.47. The molecule has 1 aromatic rings. The zero-order chi connectivity index (χ0) is 14.4. The van der Waals surface area contributed by atoms with E-state index in [1.165, 1.54) is 0 Å². The van der Waals surface area contributed by atoms with Gasteiger partial charge in [0.25, 0.3) is 0 Å². The Morgan fingerprint density at radius 1 is 1.40 bits per heavy atom. The maximum Gasteiger partial charge on any atom is 0.411 e. The average Bonchev–Trinajstić information content (AvgIpc) is 2.95. The summed E-state index contributed by atoms with van der Waals surface area (Å²) in [5, 5.41) is 6.14. The van der Waals surface area contributed by atoms with Gasteiger partial charge >= 0.3 is 6.09 Å². The predicted octanol–water partition coefficient (Wildman–Crippen LogP) is 3.09. The SMILES string of the molecule is CCOC(=O)Nc1ccc(NC(C)C2CCOC2)cc1. The van der Waals surface area contributed by atoms with Crippen LogP contribution in [0.15, 0.2) is 24.3 Å². The Hall–Kier alpha value is -1.75. The molecule has 0 spiro atoms. The first-order valence-corrected chi connectivity index (χ1v) is 7.07. The van der Waals surface area contributed by atoms with Crippen molar-refractivity contribution in [2.45, 2.75) is 26.3 Å². The topological polar surface area (TPSA) is 59.6 Å². The molecule has 110 valence electrons. The van der Waals surface area contributed by atoms with Crippen LogP contribution in [0.1, 0.15) is 20.3 Å². The van der Waals surface area contributed by atoms with Crippen molar-refractivity contribution >= 4 is 17.5 Å². The number of carbonyl (C=O) groups excluding carboxylic acids is 1. The average molecular weight is 278 g/mol. The van der Waals surface area contributed by atoms with Gasteiger partial charge in [0.05, 0.1) is 13.2 Å². The smallest absolute Gasteiger partial charge is 0.411 e. The van der Waals surface area contributed by atoms with Crippen molar-refractivity contribution in [3.05, 3.63) is 24.3 Å². The van der Waals surface area contributed by atoms with Crippen molar-refractivity contribution in [3.8, 4) is 0 Å². The van der Waals surface area contributed by atoms with Crippen LogP contribution in [0.25, 0.3) is 0 Å². The molecule has 0 radical (unpaired) electrons. The highest BCUT2D eigenvalue weighted by Gasteiger charge is 2.21. The van der Waals surface area contributed by atoms with Crippen molar-refractivity contribution in [2.75, 3.05) is 30.5 Å². The summed E-state index contributed by atoms with van der Waals surface area (Å²) in [6.07, 6.45) is 0.682. The highest BCUT2D eigenvalue weighted by Crippen LogP contribution is 2.21. The molecule has 0 saturated carbocycles. The molecule has 1 saturated heterocycles. The van der Waals surface area contributed by atoms with E-state index in [0.717, 1.165) is 31.0 Å². The quantitative estimate of drug-likeness (QED) is 0.869. The van der Waals surface area contributed by atoms with Crippen LogP contribution in [0.2, 0.25) is 0 Å². The van der Waals surface area contributed by atoms with Gasteiger partial charge in [0.2, 0.25) is 0 Å². The van der Waals surface area contributed by atoms with E-state index in [-0.39, 0.29) is 0 Å². The van der Waals surface area contributed by atoms with Crippen LogP contribution in [-0.4, -0.2) is 32.0 Å². The van der Waals surface area contributed by atoms with Crippen molar-refractivity contribution in [1.29, 1.82) is 0 Å². The number of hydrogen-bond acceptors (Lipinski definition) is 4. The molecule has 0 aromatic heterocycles. The van der Waals surface area contributed by atoms with Gasteiger partial charge < -0.3 is 14.8 Å². The van der Waals surface area contributed by atoms with E-state index < -0.39 is 6.09 Å². The second-order valence-corrected chi connectivity index (χ2v) is 4.98. The number of rotatable bonds is 5. The summed E-state index contributed by atoms with van der Waals surface area (Å²) >= 11 is 0. The molecule has 2 unspecified atom stereocenters. The van der Waals surface area contributed by atoms with Gasteiger partial charge in [-0.05, 0) is 44.5 Å². The Morgan fingerprint density at radius 2 is 2.10 bits per heavy atom. The van der Waals surface area contributed by atoms with Crippen LogP contribution in [0, 0.1) is 5.92 Å². The lowest BCUT2D eigenvalue weighted by Crippen LogP contribution is -2.26. The minimum Gasteiger partial charge on any atom is -0.450 e. The first-order chi connectivity index (χ1) is 9.69. The zero-order valence-corrected chi connectivity index (χ0v) is 12.0. The monoisotopic (exact) mass is 278 g/mol. The first-order valence-electron chi connectivity index (χ1n) is 7.07. The number of anilines is 2. The van der Waals surface area contributed by atoms with E-state index in [2.05, 4.69) is 17.6 Å². The summed E-state index contributed by atoms with van der Waals surface area (Å²) in [5.74, 6) is 0.562. The second-order valence-electron chi connectivity index (χ2n) is 4.98. The Labute approximate surface area is 119 Å². The van der Waals surface area contributed by atoms with Gasteiger partial charge in [-0.1, -0.05) is 0 Å². The van der Waals surface area contributed by atoms with E-state index >= 15 is 0 Å². The van der Waals surface area contributed by atoms with Crippen molar-refractivity contribution in [2.24, 2.45) is 5.92 Å². The summed E-state index contributed by atoms with van der Waals surface area (Å²) in [6, 6.07) is 8.00. The molecular weight excluding hydrogens is 256 g/mol. The highest BCUT2D eigenvalue weighted by atomic mass is 16.5. The lowest BCUT2D eigenvalue weighted by atomic mass is 10.0. The van der Waals surface area contributed by atoms with Gasteiger partial charge in [0.15, 0.2) is 0 Å². The molecule has 2 rings (SSSR count). The Morgan fingerprint density at radius 3 is 2.70 bits per heavy atom. The summed E-state index contributed by atoms with van der Waals surface area (Å²) < 4.78 is 10.2. The van der Waals surface area contributed by atoms with Crippen LogP contribution in [-0.2, 0) is 9.47 Å². The number of ether oxygens (including phenoxy) is 2. The molecule has 0 bridgehead atoms. The minimum absolute atomic E-state index is 0.368. The van der Waals surface area contributed by atoms with Crippen LogP contribution < -0.4 is 10.6 Å². The molecule has 1 amide bonds. The van der Waals surface area contributed by atoms with Crippen LogP contribution in [0.3, 0.4) is 0 Å². The molecule has 0 aliphatic carbocycles. The van der Waals surface area contributed by atoms with Gasteiger partial charge in [-0.2, -0.15) is 0 Å². The van der Waals surface area contributed by atoms with E-state index in [1.54, 1.807) is 6.92 Å². The van der Waals surface area contributed by atoms with Crippen molar-refractivity contribution < 1.29 is 14.3 Å². The number of nitrogens with one attached hydrogen (secondary N) is 2. The van der Waals surface area contributed by atoms with Crippen molar-refractivity contribution in [3.63, 3.8) is 0 Å². The van der Waals surface area contributed by atoms with Crippen LogP contribution >= 0.6 is 0 Å². The number of amides is 1. The fraction of sp³-hybridized carbons (Fsp3) is 0.533. The maximum atomic E-state index is 11.3. The third-order valence-corrected chi connectivity index (χ3v) is 3.47. The van der Waals surface area contributed by atoms with E-state index in [9.17, 15) is 4.79 Å². The highest BCUT2D eigenvalue weighted by molar-refractivity contribution is 5.84. The summed E-state index contributed by atoms with van der Waals surface area (Å²) in [6.45, 7) is 6.01. The standard InChI is InChI=1S/C15H22N2O3/c1-3-20-15(18)17-14-6-4-13(5-7-14)16-11(2)12-8-9-19-10-12/h4-7,11-12,16H,3,8-10H2,1-2H3,(H,17,18). The lowest BCUT2D eigenvalue weighted by Gasteiger charge is -2.20. The van der Waals surface area contributed by atoms with Gasteiger partial charge in [0.1, 0.15) is 0 Å².